The Morgan fingerprint density at radius 1 is 1.42 bits per heavy atom. The van der Waals surface area contributed by atoms with E-state index in [1.807, 2.05) is 0 Å². The van der Waals surface area contributed by atoms with Crippen LogP contribution < -0.4 is 9.98 Å². The molecule has 0 saturated heterocycles. The summed E-state index contributed by atoms with van der Waals surface area (Å²) in [6.07, 6.45) is 1.09. The lowest BCUT2D eigenvalue weighted by molar-refractivity contribution is -0.607. The summed E-state index contributed by atoms with van der Waals surface area (Å²) in [6, 6.07) is 6.82. The number of benzene rings is 1. The number of nitrogens with one attached hydrogen (secondary N) is 1. The van der Waals surface area contributed by atoms with Crippen LogP contribution in [0.5, 0.6) is 0 Å². The van der Waals surface area contributed by atoms with Crippen molar-refractivity contribution in [2.45, 2.75) is 0 Å². The molecule has 0 aliphatic carbocycles. The van der Waals surface area contributed by atoms with Crippen LogP contribution in [0.3, 0.4) is 0 Å². The zero-order chi connectivity index (χ0) is 8.60. The van der Waals surface area contributed by atoms with Gasteiger partial charge >= 0.3 is 0 Å². The Balaban J connectivity index is 2.63. The number of hydroxylamine groups is 1. The molecule has 1 aromatic rings. The highest BCUT2D eigenvalue weighted by molar-refractivity contribution is 5.86. The van der Waals surface area contributed by atoms with E-state index in [9.17, 15) is 5.21 Å². The van der Waals surface area contributed by atoms with E-state index in [2.05, 4.69) is 4.99 Å². The van der Waals surface area contributed by atoms with Gasteiger partial charge in [0.25, 0.3) is 6.34 Å². The zero-order valence-corrected chi connectivity index (χ0v) is 6.14. The quantitative estimate of drug-likeness (QED) is 0.357. The van der Waals surface area contributed by atoms with Crippen LogP contribution in [0.4, 0.5) is 11.4 Å². The Morgan fingerprint density at radius 2 is 2.17 bits per heavy atom. The van der Waals surface area contributed by atoms with Gasteiger partial charge in [-0.15, -0.1) is 5.22 Å². The molecule has 0 fully saturated rings. The fourth-order valence-electron chi connectivity index (χ4n) is 1.14. The minimum atomic E-state index is -1.11. The first-order chi connectivity index (χ1) is 5.76. The molecule has 0 radical (unpaired) electrons. The van der Waals surface area contributed by atoms with Gasteiger partial charge in [-0.3, -0.25) is 0 Å². The second-order valence-corrected chi connectivity index (χ2v) is 2.49. The first-order valence-corrected chi connectivity index (χ1v) is 3.42. The SMILES string of the molecule is [N-]=[NH+][N+]1([O-])C=Nc2ccccc21. The Labute approximate surface area is 68.6 Å². The van der Waals surface area contributed by atoms with Crippen LogP contribution in [-0.2, 0) is 0 Å². The van der Waals surface area contributed by atoms with Gasteiger partial charge in [-0.2, -0.15) is 4.99 Å². The Kier molecular flexibility index (Phi) is 1.30. The summed E-state index contributed by atoms with van der Waals surface area (Å²) in [5, 5.41) is 13.1. The van der Waals surface area contributed by atoms with Crippen molar-refractivity contribution in [2.24, 2.45) is 4.99 Å². The van der Waals surface area contributed by atoms with Crippen molar-refractivity contribution < 1.29 is 5.22 Å². The molecule has 1 aromatic carbocycles. The Bertz CT molecular complexity index is 362. The van der Waals surface area contributed by atoms with Crippen molar-refractivity contribution in [1.29, 1.82) is 0 Å². The molecule has 0 spiro atoms. The highest BCUT2D eigenvalue weighted by Crippen LogP contribution is 2.33. The van der Waals surface area contributed by atoms with Gasteiger partial charge in [0.15, 0.2) is 0 Å². The van der Waals surface area contributed by atoms with Crippen LogP contribution in [0.15, 0.2) is 29.3 Å². The molecular weight excluding hydrogens is 156 g/mol. The standard InChI is InChI=1S/C7H6N4O/c8-10-11(12)5-9-6-3-1-2-4-7(6)11/h1-5,10H. The van der Waals surface area contributed by atoms with Gasteiger partial charge in [-0.1, -0.05) is 16.9 Å². The van der Waals surface area contributed by atoms with E-state index in [1.165, 1.54) is 0 Å². The molecule has 0 bridgehead atoms. The van der Waals surface area contributed by atoms with Crippen LogP contribution in [0.1, 0.15) is 0 Å². The first-order valence-electron chi connectivity index (χ1n) is 3.42. The number of para-hydroxylation sites is 2. The first kappa shape index (κ1) is 7.08. The number of nitrogens with zero attached hydrogens (tertiary/aromatic N) is 3. The smallest absolute Gasteiger partial charge is 0.253 e. The molecule has 1 heterocycles. The van der Waals surface area contributed by atoms with Gasteiger partial charge in [0.1, 0.15) is 5.69 Å². The second kappa shape index (κ2) is 2.20. The number of rotatable bonds is 1. The molecule has 60 valence electrons. The van der Waals surface area contributed by atoms with Crippen molar-refractivity contribution in [3.63, 3.8) is 0 Å². The lowest BCUT2D eigenvalue weighted by Crippen LogP contribution is -2.87. The maximum absolute atomic E-state index is 11.5. The van der Waals surface area contributed by atoms with Crippen LogP contribution in [-0.4, -0.2) is 6.34 Å². The number of aliphatic imine (C=N–C) groups is 1. The van der Waals surface area contributed by atoms with Crippen molar-refractivity contribution in [2.75, 3.05) is 0 Å². The highest BCUT2D eigenvalue weighted by Gasteiger charge is 2.29. The minimum Gasteiger partial charge on any atom is -0.563 e. The van der Waals surface area contributed by atoms with Crippen LogP contribution in [0, 0.1) is 5.21 Å². The topological polar surface area (TPSA) is 71.7 Å². The second-order valence-electron chi connectivity index (χ2n) is 2.49. The van der Waals surface area contributed by atoms with Gasteiger partial charge in [-0.25, -0.2) is 0 Å². The van der Waals surface area contributed by atoms with E-state index < -0.39 is 4.76 Å². The van der Waals surface area contributed by atoms with Gasteiger partial charge in [0, 0.05) is 6.07 Å². The van der Waals surface area contributed by atoms with Crippen molar-refractivity contribution in [1.82, 2.24) is 4.76 Å². The molecule has 12 heavy (non-hydrogen) atoms. The fourth-order valence-corrected chi connectivity index (χ4v) is 1.14. The van der Waals surface area contributed by atoms with Crippen LogP contribution >= 0.6 is 0 Å². The average Bonchev–Trinajstić information content (AvgIpc) is 2.46. The van der Waals surface area contributed by atoms with Gasteiger partial charge in [0.05, 0.1) is 0 Å². The van der Waals surface area contributed by atoms with E-state index in [-0.39, 0.29) is 0 Å². The van der Waals surface area contributed by atoms with E-state index in [0.29, 0.717) is 11.4 Å². The molecule has 1 atom stereocenters. The molecule has 0 amide bonds. The molecule has 1 N–H and O–H groups in total. The third-order valence-electron chi connectivity index (χ3n) is 1.75. The lowest BCUT2D eigenvalue weighted by atomic mass is 10.3. The lowest BCUT2D eigenvalue weighted by Gasteiger charge is -2.21. The molecule has 5 nitrogen and oxygen atoms in total. The highest BCUT2D eigenvalue weighted by atomic mass is 16.6. The van der Waals surface area contributed by atoms with Gasteiger partial charge in [0.2, 0.25) is 5.69 Å². The summed E-state index contributed by atoms with van der Waals surface area (Å²) in [5.74, 6) is 0. The van der Waals surface area contributed by atoms with E-state index in [0.717, 1.165) is 6.34 Å². The Hall–Kier alpha value is -1.59. The zero-order valence-electron chi connectivity index (χ0n) is 6.14. The van der Waals surface area contributed by atoms with E-state index in [4.69, 9.17) is 5.53 Å². The number of quaternary nitrogens is 1. The predicted molar refractivity (Wildman–Crippen MR) is 44.1 cm³/mol. The third-order valence-corrected chi connectivity index (χ3v) is 1.75. The minimum absolute atomic E-state index is 0.389. The van der Waals surface area contributed by atoms with E-state index in [1.54, 1.807) is 29.5 Å². The normalized spacial score (nSPS) is 25.4. The number of fused-ring (bicyclic) bond motifs is 1. The number of hydrogen-bond donors (Lipinski definition) is 1. The molecule has 1 aliphatic rings. The van der Waals surface area contributed by atoms with Gasteiger partial charge in [-0.05, 0) is 6.07 Å². The van der Waals surface area contributed by atoms with Crippen molar-refractivity contribution >= 4 is 17.7 Å². The summed E-state index contributed by atoms with van der Waals surface area (Å²) in [5.41, 5.74) is 9.56. The molecule has 2 rings (SSSR count). The average molecular weight is 162 g/mol. The molecule has 5 heteroatoms. The number of hydrogen-bond acceptors (Lipinski definition) is 2. The molecule has 1 aliphatic heterocycles. The largest absolute Gasteiger partial charge is 0.563 e. The maximum atomic E-state index is 11.5. The predicted octanol–water partition coefficient (Wildman–Crippen LogP) is 0.182. The summed E-state index contributed by atoms with van der Waals surface area (Å²) >= 11 is 0. The maximum Gasteiger partial charge on any atom is 0.253 e. The Morgan fingerprint density at radius 3 is 2.92 bits per heavy atom. The molecule has 0 aromatic heterocycles. The van der Waals surface area contributed by atoms with Crippen molar-refractivity contribution in [3.8, 4) is 0 Å². The molecular formula is C7H6N4O. The van der Waals surface area contributed by atoms with Gasteiger partial charge < -0.3 is 10.7 Å². The summed E-state index contributed by atoms with van der Waals surface area (Å²) in [4.78, 5) is 3.84. The van der Waals surface area contributed by atoms with Crippen molar-refractivity contribution in [3.05, 3.63) is 35.0 Å². The molecule has 1 unspecified atom stereocenters. The third kappa shape index (κ3) is 0.775. The summed E-state index contributed by atoms with van der Waals surface area (Å²) in [7, 11) is 0. The monoisotopic (exact) mass is 162 g/mol. The summed E-state index contributed by atoms with van der Waals surface area (Å²) in [6.45, 7) is 0. The van der Waals surface area contributed by atoms with Crippen LogP contribution in [0.2, 0.25) is 0 Å². The van der Waals surface area contributed by atoms with E-state index >= 15 is 0 Å². The fraction of sp³-hybridized carbons (Fsp3) is 0. The molecule has 0 saturated carbocycles. The van der Waals surface area contributed by atoms with Crippen LogP contribution in [0.25, 0.3) is 5.53 Å². The summed E-state index contributed by atoms with van der Waals surface area (Å²) < 4.78 is -1.11.